The quantitative estimate of drug-likeness (QED) is 0.614. The van der Waals surface area contributed by atoms with Gasteiger partial charge < -0.3 is 5.73 Å². The molecular formula is C9H17NO. The molecule has 0 amide bonds. The van der Waals surface area contributed by atoms with E-state index in [1.165, 1.54) is 0 Å². The summed E-state index contributed by atoms with van der Waals surface area (Å²) in [6.07, 6.45) is 0. The molecule has 0 aliphatic rings. The van der Waals surface area contributed by atoms with Crippen LogP contribution >= 0.6 is 0 Å². The summed E-state index contributed by atoms with van der Waals surface area (Å²) in [5.74, 6) is -0.0440. The van der Waals surface area contributed by atoms with Crippen LogP contribution < -0.4 is 5.73 Å². The number of carbonyl (C=O) groups is 1. The van der Waals surface area contributed by atoms with Crippen molar-refractivity contribution in [2.75, 3.05) is 0 Å². The van der Waals surface area contributed by atoms with Crippen LogP contribution in [0.1, 0.15) is 27.7 Å². The van der Waals surface area contributed by atoms with E-state index in [0.29, 0.717) is 5.57 Å². The van der Waals surface area contributed by atoms with Crippen molar-refractivity contribution < 1.29 is 4.79 Å². The highest BCUT2D eigenvalue weighted by molar-refractivity contribution is 5.98. The van der Waals surface area contributed by atoms with E-state index in [2.05, 4.69) is 6.58 Å². The standard InChI is InChI=1S/C9H17NO/c1-6(2)7(11)8(10)9(3,4)5/h8H,1,10H2,2-5H3. The topological polar surface area (TPSA) is 43.1 Å². The Morgan fingerprint density at radius 3 is 1.91 bits per heavy atom. The zero-order valence-electron chi connectivity index (χ0n) is 7.77. The number of hydrogen-bond donors (Lipinski definition) is 1. The Bertz CT molecular complexity index is 176. The average Bonchev–Trinajstić information content (AvgIpc) is 1.82. The number of rotatable bonds is 2. The maximum atomic E-state index is 11.3. The largest absolute Gasteiger partial charge is 0.321 e. The number of Topliss-reactive ketones (excluding diaryl/α,β-unsaturated/α-hetero) is 1. The van der Waals surface area contributed by atoms with Crippen LogP contribution in [0.5, 0.6) is 0 Å². The van der Waals surface area contributed by atoms with Crippen LogP contribution in [0.4, 0.5) is 0 Å². The molecule has 0 bridgehead atoms. The van der Waals surface area contributed by atoms with Gasteiger partial charge in [0.05, 0.1) is 6.04 Å². The Hall–Kier alpha value is -0.630. The lowest BCUT2D eigenvalue weighted by molar-refractivity contribution is -0.118. The molecule has 2 N–H and O–H groups in total. The third kappa shape index (κ3) is 2.85. The fourth-order valence-electron chi connectivity index (χ4n) is 0.659. The lowest BCUT2D eigenvalue weighted by Gasteiger charge is -2.25. The molecular weight excluding hydrogens is 138 g/mol. The summed E-state index contributed by atoms with van der Waals surface area (Å²) < 4.78 is 0. The first kappa shape index (κ1) is 10.4. The van der Waals surface area contributed by atoms with Gasteiger partial charge in [-0.15, -0.1) is 0 Å². The van der Waals surface area contributed by atoms with Gasteiger partial charge in [0.1, 0.15) is 0 Å². The zero-order chi connectivity index (χ0) is 9.23. The monoisotopic (exact) mass is 155 g/mol. The van der Waals surface area contributed by atoms with E-state index in [9.17, 15) is 4.79 Å². The van der Waals surface area contributed by atoms with Crippen molar-refractivity contribution >= 4 is 5.78 Å². The second-order valence-electron chi connectivity index (χ2n) is 3.99. The Morgan fingerprint density at radius 1 is 1.45 bits per heavy atom. The van der Waals surface area contributed by atoms with Gasteiger partial charge in [0, 0.05) is 0 Å². The molecule has 0 saturated heterocycles. The van der Waals surface area contributed by atoms with Gasteiger partial charge in [0.25, 0.3) is 0 Å². The van der Waals surface area contributed by atoms with Crippen LogP contribution in [-0.2, 0) is 4.79 Å². The summed E-state index contributed by atoms with van der Waals surface area (Å²) in [6.45, 7) is 11.1. The predicted molar refractivity (Wildman–Crippen MR) is 47.3 cm³/mol. The van der Waals surface area contributed by atoms with E-state index < -0.39 is 6.04 Å². The first-order valence-electron chi connectivity index (χ1n) is 3.72. The molecule has 0 aliphatic carbocycles. The number of nitrogens with two attached hydrogens (primary N) is 1. The number of carbonyl (C=O) groups excluding carboxylic acids is 1. The van der Waals surface area contributed by atoms with Crippen molar-refractivity contribution in [3.05, 3.63) is 12.2 Å². The smallest absolute Gasteiger partial charge is 0.175 e. The fraction of sp³-hybridized carbons (Fsp3) is 0.667. The van der Waals surface area contributed by atoms with Crippen molar-refractivity contribution in [1.82, 2.24) is 0 Å². The second-order valence-corrected chi connectivity index (χ2v) is 3.99. The summed E-state index contributed by atoms with van der Waals surface area (Å²) >= 11 is 0. The highest BCUT2D eigenvalue weighted by Crippen LogP contribution is 2.19. The van der Waals surface area contributed by atoms with Crippen molar-refractivity contribution in [1.29, 1.82) is 0 Å². The molecule has 0 aliphatic heterocycles. The molecule has 0 heterocycles. The summed E-state index contributed by atoms with van der Waals surface area (Å²) in [4.78, 5) is 11.3. The average molecular weight is 155 g/mol. The first-order valence-corrected chi connectivity index (χ1v) is 3.72. The minimum atomic E-state index is -0.431. The molecule has 0 saturated carbocycles. The van der Waals surface area contributed by atoms with Gasteiger partial charge in [-0.1, -0.05) is 27.4 Å². The van der Waals surface area contributed by atoms with E-state index in [-0.39, 0.29) is 11.2 Å². The van der Waals surface area contributed by atoms with Gasteiger partial charge in [-0.25, -0.2) is 0 Å². The van der Waals surface area contributed by atoms with E-state index in [1.54, 1.807) is 6.92 Å². The second kappa shape index (κ2) is 3.18. The Kier molecular flexibility index (Phi) is 3.00. The molecule has 0 aromatic rings. The van der Waals surface area contributed by atoms with Gasteiger partial charge >= 0.3 is 0 Å². The molecule has 1 unspecified atom stereocenters. The van der Waals surface area contributed by atoms with Crippen LogP contribution in [0.25, 0.3) is 0 Å². The van der Waals surface area contributed by atoms with Crippen molar-refractivity contribution in [3.8, 4) is 0 Å². The highest BCUT2D eigenvalue weighted by atomic mass is 16.1. The summed E-state index contributed by atoms with van der Waals surface area (Å²) in [5.41, 5.74) is 6.05. The molecule has 0 fully saturated rings. The Balaban J connectivity index is 4.38. The minimum absolute atomic E-state index is 0.0440. The Labute approximate surface area is 68.5 Å². The molecule has 11 heavy (non-hydrogen) atoms. The van der Waals surface area contributed by atoms with Crippen molar-refractivity contribution in [2.45, 2.75) is 33.7 Å². The molecule has 0 rings (SSSR count). The van der Waals surface area contributed by atoms with Crippen molar-refractivity contribution in [2.24, 2.45) is 11.1 Å². The van der Waals surface area contributed by atoms with Gasteiger partial charge in [-0.3, -0.25) is 4.79 Å². The number of ketones is 1. The molecule has 64 valence electrons. The third-order valence-corrected chi connectivity index (χ3v) is 1.64. The van der Waals surface area contributed by atoms with Crippen molar-refractivity contribution in [3.63, 3.8) is 0 Å². The van der Waals surface area contributed by atoms with Crippen LogP contribution in [-0.4, -0.2) is 11.8 Å². The van der Waals surface area contributed by atoms with Gasteiger partial charge in [-0.05, 0) is 17.9 Å². The minimum Gasteiger partial charge on any atom is -0.321 e. The third-order valence-electron chi connectivity index (χ3n) is 1.64. The van der Waals surface area contributed by atoms with E-state index in [1.807, 2.05) is 20.8 Å². The fourth-order valence-corrected chi connectivity index (χ4v) is 0.659. The summed E-state index contributed by atoms with van der Waals surface area (Å²) in [5, 5.41) is 0. The zero-order valence-corrected chi connectivity index (χ0v) is 7.77. The van der Waals surface area contributed by atoms with Gasteiger partial charge in [0.15, 0.2) is 5.78 Å². The van der Waals surface area contributed by atoms with Gasteiger partial charge in [0.2, 0.25) is 0 Å². The van der Waals surface area contributed by atoms with E-state index in [0.717, 1.165) is 0 Å². The summed E-state index contributed by atoms with van der Waals surface area (Å²) in [7, 11) is 0. The summed E-state index contributed by atoms with van der Waals surface area (Å²) in [6, 6.07) is -0.431. The number of hydrogen-bond acceptors (Lipinski definition) is 2. The van der Waals surface area contributed by atoms with E-state index in [4.69, 9.17) is 5.73 Å². The van der Waals surface area contributed by atoms with Crippen LogP contribution in [0.15, 0.2) is 12.2 Å². The van der Waals surface area contributed by atoms with Gasteiger partial charge in [-0.2, -0.15) is 0 Å². The molecule has 0 radical (unpaired) electrons. The van der Waals surface area contributed by atoms with Crippen LogP contribution in [0, 0.1) is 5.41 Å². The molecule has 2 heteroatoms. The molecule has 2 nitrogen and oxygen atoms in total. The molecule has 1 atom stereocenters. The predicted octanol–water partition coefficient (Wildman–Crippen LogP) is 1.50. The van der Waals surface area contributed by atoms with E-state index >= 15 is 0 Å². The maximum Gasteiger partial charge on any atom is 0.175 e. The molecule has 0 aromatic carbocycles. The normalized spacial score (nSPS) is 14.3. The molecule has 0 spiro atoms. The highest BCUT2D eigenvalue weighted by Gasteiger charge is 2.27. The lowest BCUT2D eigenvalue weighted by atomic mass is 9.83. The lowest BCUT2D eigenvalue weighted by Crippen LogP contribution is -2.42. The SMILES string of the molecule is C=C(C)C(=O)C(N)C(C)(C)C. The van der Waals surface area contributed by atoms with Crippen LogP contribution in [0.2, 0.25) is 0 Å². The van der Waals surface area contributed by atoms with Crippen LogP contribution in [0.3, 0.4) is 0 Å². The first-order chi connectivity index (χ1) is 4.76. The molecule has 0 aromatic heterocycles. The maximum absolute atomic E-state index is 11.3. The Morgan fingerprint density at radius 2 is 1.82 bits per heavy atom.